The number of anilines is 1. The third kappa shape index (κ3) is 3.16. The van der Waals surface area contributed by atoms with E-state index in [-0.39, 0.29) is 11.9 Å². The van der Waals surface area contributed by atoms with E-state index in [4.69, 9.17) is 0 Å². The van der Waals surface area contributed by atoms with Crippen LogP contribution < -0.4 is 5.32 Å². The third-order valence-corrected chi connectivity index (χ3v) is 4.15. The molecule has 1 saturated heterocycles. The number of hydrogen-bond donors (Lipinski definition) is 1. The van der Waals surface area contributed by atoms with Crippen LogP contribution in [0.5, 0.6) is 0 Å². The average Bonchev–Trinajstić information content (AvgIpc) is 2.51. The zero-order chi connectivity index (χ0) is 14.7. The standard InChI is InChI=1S/C15H16N4OS/c1-21-13-5-3-11(4-6-13)14(20)19-9-12(10-19)18-15-16-7-2-8-17-15/h2-8,12H,9-10H2,1H3,(H,16,17,18). The summed E-state index contributed by atoms with van der Waals surface area (Å²) in [4.78, 5) is 23.5. The first-order valence-corrected chi connectivity index (χ1v) is 7.95. The summed E-state index contributed by atoms with van der Waals surface area (Å²) in [7, 11) is 0. The van der Waals surface area contributed by atoms with Crippen molar-refractivity contribution in [3.8, 4) is 0 Å². The Morgan fingerprint density at radius 3 is 2.52 bits per heavy atom. The molecule has 0 atom stereocenters. The molecule has 0 unspecified atom stereocenters. The Bertz CT molecular complexity index is 611. The van der Waals surface area contributed by atoms with Gasteiger partial charge in [0, 0.05) is 35.9 Å². The molecule has 1 aliphatic heterocycles. The molecule has 6 heteroatoms. The SMILES string of the molecule is CSc1ccc(C(=O)N2CC(Nc3ncccn3)C2)cc1. The molecule has 0 aliphatic carbocycles. The molecule has 0 spiro atoms. The first-order valence-electron chi connectivity index (χ1n) is 6.73. The van der Waals surface area contributed by atoms with Crippen LogP contribution in [0.4, 0.5) is 5.95 Å². The molecule has 1 N–H and O–H groups in total. The molecular weight excluding hydrogens is 284 g/mol. The lowest BCUT2D eigenvalue weighted by Gasteiger charge is -2.39. The van der Waals surface area contributed by atoms with Crippen molar-refractivity contribution in [2.75, 3.05) is 24.7 Å². The van der Waals surface area contributed by atoms with Crippen molar-refractivity contribution in [1.82, 2.24) is 14.9 Å². The number of carbonyl (C=O) groups excluding carboxylic acids is 1. The van der Waals surface area contributed by atoms with Gasteiger partial charge >= 0.3 is 0 Å². The number of rotatable bonds is 4. The predicted molar refractivity (Wildman–Crippen MR) is 83.6 cm³/mol. The first-order chi connectivity index (χ1) is 10.3. The summed E-state index contributed by atoms with van der Waals surface area (Å²) in [5.74, 6) is 0.689. The summed E-state index contributed by atoms with van der Waals surface area (Å²) in [5.41, 5.74) is 0.738. The lowest BCUT2D eigenvalue weighted by Crippen LogP contribution is -2.57. The van der Waals surface area contributed by atoms with Crippen molar-refractivity contribution < 1.29 is 4.79 Å². The van der Waals surface area contributed by atoms with Gasteiger partial charge in [-0.15, -0.1) is 11.8 Å². The van der Waals surface area contributed by atoms with E-state index in [0.717, 1.165) is 10.5 Å². The molecule has 2 aromatic rings. The zero-order valence-electron chi connectivity index (χ0n) is 11.7. The van der Waals surface area contributed by atoms with Gasteiger partial charge in [0.1, 0.15) is 0 Å². The molecule has 0 bridgehead atoms. The Morgan fingerprint density at radius 1 is 1.24 bits per heavy atom. The van der Waals surface area contributed by atoms with Crippen molar-refractivity contribution in [1.29, 1.82) is 0 Å². The number of nitrogens with one attached hydrogen (secondary N) is 1. The molecular formula is C15H16N4OS. The van der Waals surface area contributed by atoms with Gasteiger partial charge in [0.2, 0.25) is 5.95 Å². The van der Waals surface area contributed by atoms with E-state index >= 15 is 0 Å². The van der Waals surface area contributed by atoms with Crippen LogP contribution in [0.2, 0.25) is 0 Å². The van der Waals surface area contributed by atoms with Gasteiger partial charge in [0.15, 0.2) is 0 Å². The Kier molecular flexibility index (Phi) is 4.06. The van der Waals surface area contributed by atoms with Crippen LogP contribution in [0.15, 0.2) is 47.6 Å². The second-order valence-electron chi connectivity index (χ2n) is 4.85. The van der Waals surface area contributed by atoms with Crippen molar-refractivity contribution in [2.45, 2.75) is 10.9 Å². The summed E-state index contributed by atoms with van der Waals surface area (Å²) in [6.07, 6.45) is 5.42. The topological polar surface area (TPSA) is 58.1 Å². The van der Waals surface area contributed by atoms with Crippen LogP contribution in [-0.2, 0) is 0 Å². The summed E-state index contributed by atoms with van der Waals surface area (Å²) in [5, 5.41) is 3.21. The van der Waals surface area contributed by atoms with Crippen molar-refractivity contribution in [3.63, 3.8) is 0 Å². The van der Waals surface area contributed by atoms with E-state index in [1.807, 2.05) is 35.4 Å². The molecule has 1 aliphatic rings. The summed E-state index contributed by atoms with van der Waals surface area (Å²) in [6, 6.07) is 9.72. The fourth-order valence-electron chi connectivity index (χ4n) is 2.21. The van der Waals surface area contributed by atoms with Gasteiger partial charge in [-0.1, -0.05) is 0 Å². The summed E-state index contributed by atoms with van der Waals surface area (Å²) in [6.45, 7) is 1.36. The van der Waals surface area contributed by atoms with E-state index < -0.39 is 0 Å². The quantitative estimate of drug-likeness (QED) is 0.877. The van der Waals surface area contributed by atoms with Gasteiger partial charge in [0.25, 0.3) is 5.91 Å². The highest BCUT2D eigenvalue weighted by Crippen LogP contribution is 2.19. The van der Waals surface area contributed by atoms with Crippen LogP contribution in [-0.4, -0.2) is 46.2 Å². The minimum absolute atomic E-state index is 0.0784. The number of carbonyl (C=O) groups is 1. The Balaban J connectivity index is 1.54. The fourth-order valence-corrected chi connectivity index (χ4v) is 2.62. The average molecular weight is 300 g/mol. The van der Waals surface area contributed by atoms with Gasteiger partial charge in [-0.05, 0) is 36.6 Å². The maximum Gasteiger partial charge on any atom is 0.253 e. The second-order valence-corrected chi connectivity index (χ2v) is 5.73. The first kappa shape index (κ1) is 13.9. The molecule has 0 radical (unpaired) electrons. The molecule has 5 nitrogen and oxygen atoms in total. The number of thioether (sulfide) groups is 1. The van der Waals surface area contributed by atoms with Crippen LogP contribution >= 0.6 is 11.8 Å². The number of aromatic nitrogens is 2. The fraction of sp³-hybridized carbons (Fsp3) is 0.267. The normalized spacial score (nSPS) is 14.6. The minimum Gasteiger partial charge on any atom is -0.348 e. The predicted octanol–water partition coefficient (Wildman–Crippen LogP) is 2.13. The van der Waals surface area contributed by atoms with Gasteiger partial charge in [-0.25, -0.2) is 9.97 Å². The largest absolute Gasteiger partial charge is 0.348 e. The van der Waals surface area contributed by atoms with Crippen molar-refractivity contribution in [2.24, 2.45) is 0 Å². The van der Waals surface area contributed by atoms with Gasteiger partial charge in [0.05, 0.1) is 6.04 Å². The summed E-state index contributed by atoms with van der Waals surface area (Å²) >= 11 is 1.67. The Labute approximate surface area is 127 Å². The van der Waals surface area contributed by atoms with Crippen LogP contribution in [0.1, 0.15) is 10.4 Å². The van der Waals surface area contributed by atoms with Crippen molar-refractivity contribution in [3.05, 3.63) is 48.3 Å². The highest BCUT2D eigenvalue weighted by atomic mass is 32.2. The molecule has 1 aromatic heterocycles. The number of amides is 1. The monoisotopic (exact) mass is 300 g/mol. The number of likely N-dealkylation sites (tertiary alicyclic amines) is 1. The van der Waals surface area contributed by atoms with Crippen LogP contribution in [0, 0.1) is 0 Å². The molecule has 108 valence electrons. The molecule has 1 fully saturated rings. The Morgan fingerprint density at radius 2 is 1.90 bits per heavy atom. The van der Waals surface area contributed by atoms with E-state index in [0.29, 0.717) is 19.0 Å². The summed E-state index contributed by atoms with van der Waals surface area (Å²) < 4.78 is 0. The number of hydrogen-bond acceptors (Lipinski definition) is 5. The molecule has 1 aromatic carbocycles. The molecule has 21 heavy (non-hydrogen) atoms. The van der Waals surface area contributed by atoms with E-state index in [2.05, 4.69) is 15.3 Å². The van der Waals surface area contributed by atoms with E-state index in [1.165, 1.54) is 0 Å². The number of benzene rings is 1. The zero-order valence-corrected chi connectivity index (χ0v) is 12.5. The minimum atomic E-state index is 0.0784. The molecule has 3 rings (SSSR count). The maximum atomic E-state index is 12.3. The second kappa shape index (κ2) is 6.13. The van der Waals surface area contributed by atoms with Crippen LogP contribution in [0.25, 0.3) is 0 Å². The smallest absolute Gasteiger partial charge is 0.253 e. The van der Waals surface area contributed by atoms with E-state index in [9.17, 15) is 4.79 Å². The van der Waals surface area contributed by atoms with Gasteiger partial charge in [-0.2, -0.15) is 0 Å². The Hall–Kier alpha value is -2.08. The van der Waals surface area contributed by atoms with Crippen LogP contribution in [0.3, 0.4) is 0 Å². The van der Waals surface area contributed by atoms with Crippen molar-refractivity contribution >= 4 is 23.6 Å². The lowest BCUT2D eigenvalue weighted by molar-refractivity contribution is 0.0624. The maximum absolute atomic E-state index is 12.3. The van der Waals surface area contributed by atoms with Gasteiger partial charge in [-0.3, -0.25) is 4.79 Å². The lowest BCUT2D eigenvalue weighted by atomic mass is 10.1. The number of nitrogens with zero attached hydrogens (tertiary/aromatic N) is 3. The molecule has 1 amide bonds. The third-order valence-electron chi connectivity index (χ3n) is 3.40. The molecule has 2 heterocycles. The van der Waals surface area contributed by atoms with E-state index in [1.54, 1.807) is 30.2 Å². The van der Waals surface area contributed by atoms with Gasteiger partial charge < -0.3 is 10.2 Å². The highest BCUT2D eigenvalue weighted by molar-refractivity contribution is 7.98. The molecule has 0 saturated carbocycles. The highest BCUT2D eigenvalue weighted by Gasteiger charge is 2.31.